The second-order valence-corrected chi connectivity index (χ2v) is 5.85. The van der Waals surface area contributed by atoms with Gasteiger partial charge in [0.05, 0.1) is 18.1 Å². The van der Waals surface area contributed by atoms with Gasteiger partial charge >= 0.3 is 0 Å². The summed E-state index contributed by atoms with van der Waals surface area (Å²) < 4.78 is 12.6. The molecular weight excluding hydrogens is 318 g/mol. The van der Waals surface area contributed by atoms with Crippen LogP contribution in [0.3, 0.4) is 0 Å². The molecule has 0 spiro atoms. The molecule has 128 valence electrons. The summed E-state index contributed by atoms with van der Waals surface area (Å²) in [7, 11) is 1.70. The molecule has 6 nitrogen and oxygen atoms in total. The number of pyridine rings is 1. The molecule has 6 heteroatoms. The van der Waals surface area contributed by atoms with Crippen molar-refractivity contribution in [2.45, 2.75) is 19.8 Å². The Morgan fingerprint density at radius 3 is 2.64 bits per heavy atom. The van der Waals surface area contributed by atoms with Crippen LogP contribution in [0.25, 0.3) is 0 Å². The number of aryl methyl sites for hydroxylation is 1. The Hall–Kier alpha value is -3.20. The normalized spacial score (nSPS) is 16.0. The first-order valence-corrected chi connectivity index (χ1v) is 7.98. The highest BCUT2D eigenvalue weighted by Gasteiger charge is 2.33. The summed E-state index contributed by atoms with van der Waals surface area (Å²) in [5, 5.41) is 9.57. The number of nitrogens with two attached hydrogens (primary N) is 1. The zero-order chi connectivity index (χ0) is 18.1. The zero-order valence-electron chi connectivity index (χ0n) is 14.4. The highest BCUT2D eigenvalue weighted by molar-refractivity contribution is 5.55. The third-order valence-electron chi connectivity index (χ3n) is 4.38. The van der Waals surface area contributed by atoms with E-state index in [1.807, 2.05) is 38.1 Å². The molecule has 1 unspecified atom stereocenters. The number of hydrogen-bond donors (Lipinski definition) is 1. The van der Waals surface area contributed by atoms with Crippen LogP contribution in [-0.4, -0.2) is 11.2 Å². The number of rotatable bonds is 3. The van der Waals surface area contributed by atoms with E-state index in [9.17, 15) is 10.1 Å². The van der Waals surface area contributed by atoms with Gasteiger partial charge in [-0.05, 0) is 31.5 Å². The van der Waals surface area contributed by atoms with E-state index in [1.165, 1.54) is 0 Å². The van der Waals surface area contributed by atoms with E-state index in [0.29, 0.717) is 17.9 Å². The molecule has 1 aliphatic heterocycles. The molecule has 0 saturated heterocycles. The van der Waals surface area contributed by atoms with Crippen LogP contribution >= 0.6 is 0 Å². The minimum Gasteiger partial charge on any atom is -0.494 e. The van der Waals surface area contributed by atoms with Gasteiger partial charge in [-0.2, -0.15) is 5.26 Å². The quantitative estimate of drug-likeness (QED) is 0.928. The summed E-state index contributed by atoms with van der Waals surface area (Å²) in [6.45, 7) is 4.29. The monoisotopic (exact) mass is 337 g/mol. The summed E-state index contributed by atoms with van der Waals surface area (Å²) in [6.07, 6.45) is 0. The first-order chi connectivity index (χ1) is 12.0. The molecule has 0 amide bonds. The van der Waals surface area contributed by atoms with Crippen LogP contribution < -0.4 is 20.8 Å². The van der Waals surface area contributed by atoms with Crippen molar-refractivity contribution in [1.82, 2.24) is 4.57 Å². The van der Waals surface area contributed by atoms with Gasteiger partial charge in [-0.25, -0.2) is 0 Å². The fourth-order valence-corrected chi connectivity index (χ4v) is 3.00. The summed E-state index contributed by atoms with van der Waals surface area (Å²) in [6, 6.07) is 11.2. The smallest absolute Gasteiger partial charge is 0.258 e. The molecule has 0 bridgehead atoms. The van der Waals surface area contributed by atoms with Crippen molar-refractivity contribution >= 4 is 0 Å². The van der Waals surface area contributed by atoms with E-state index in [-0.39, 0.29) is 17.0 Å². The molecule has 0 aliphatic carbocycles. The van der Waals surface area contributed by atoms with E-state index in [1.54, 1.807) is 17.7 Å². The van der Waals surface area contributed by atoms with Gasteiger partial charge in [0.15, 0.2) is 0 Å². The lowest BCUT2D eigenvalue weighted by atomic mass is 9.84. The predicted octanol–water partition coefficient (Wildman–Crippen LogP) is 2.31. The van der Waals surface area contributed by atoms with Crippen LogP contribution in [0.1, 0.15) is 29.7 Å². The summed E-state index contributed by atoms with van der Waals surface area (Å²) in [5.74, 6) is 0.590. The minimum atomic E-state index is -0.566. The van der Waals surface area contributed by atoms with Crippen LogP contribution in [-0.2, 0) is 7.05 Å². The lowest BCUT2D eigenvalue weighted by Gasteiger charge is -2.26. The highest BCUT2D eigenvalue weighted by Crippen LogP contribution is 2.40. The van der Waals surface area contributed by atoms with Gasteiger partial charge in [-0.15, -0.1) is 0 Å². The molecule has 0 saturated carbocycles. The first-order valence-electron chi connectivity index (χ1n) is 7.98. The van der Waals surface area contributed by atoms with Gasteiger partial charge in [0.25, 0.3) is 5.56 Å². The number of benzene rings is 1. The standard InChI is InChI=1S/C19H19N3O3/c1-4-24-13-7-5-12(6-8-13)16-14(10-20)18(21)25-15-9-11(2)22(3)19(23)17(15)16/h5-9,16H,4,21H2,1-3H3. The van der Waals surface area contributed by atoms with Crippen molar-refractivity contribution in [3.8, 4) is 17.6 Å². The predicted molar refractivity (Wildman–Crippen MR) is 93.3 cm³/mol. The van der Waals surface area contributed by atoms with Gasteiger partial charge < -0.3 is 19.8 Å². The van der Waals surface area contributed by atoms with Crippen LogP contribution in [0.2, 0.25) is 0 Å². The average molecular weight is 337 g/mol. The Morgan fingerprint density at radius 1 is 1.36 bits per heavy atom. The number of allylic oxidation sites excluding steroid dienone is 1. The number of aromatic nitrogens is 1. The van der Waals surface area contributed by atoms with Gasteiger partial charge in [0.2, 0.25) is 5.88 Å². The molecule has 2 N–H and O–H groups in total. The topological polar surface area (TPSA) is 90.3 Å². The number of fused-ring (bicyclic) bond motifs is 1. The molecule has 1 aromatic carbocycles. The van der Waals surface area contributed by atoms with Gasteiger partial charge in [0.1, 0.15) is 23.1 Å². The summed E-state index contributed by atoms with van der Waals surface area (Å²) in [4.78, 5) is 12.8. The maximum absolute atomic E-state index is 12.8. The fourth-order valence-electron chi connectivity index (χ4n) is 3.00. The maximum Gasteiger partial charge on any atom is 0.258 e. The average Bonchev–Trinajstić information content (AvgIpc) is 2.60. The second-order valence-electron chi connectivity index (χ2n) is 5.85. The Bertz CT molecular complexity index is 950. The van der Waals surface area contributed by atoms with Gasteiger partial charge in [0, 0.05) is 18.8 Å². The van der Waals surface area contributed by atoms with Crippen molar-refractivity contribution in [2.75, 3.05) is 6.61 Å². The molecule has 2 aromatic rings. The Balaban J connectivity index is 2.22. The number of hydrogen-bond acceptors (Lipinski definition) is 5. The maximum atomic E-state index is 12.8. The largest absolute Gasteiger partial charge is 0.494 e. The summed E-state index contributed by atoms with van der Waals surface area (Å²) >= 11 is 0. The molecule has 1 aromatic heterocycles. The Morgan fingerprint density at radius 2 is 2.04 bits per heavy atom. The SMILES string of the molecule is CCOc1ccc(C2C(C#N)=C(N)Oc3cc(C)n(C)c(=O)c32)cc1. The van der Waals surface area contributed by atoms with Crippen LogP contribution in [0.4, 0.5) is 0 Å². The molecule has 1 aliphatic rings. The number of ether oxygens (including phenoxy) is 2. The van der Waals surface area contributed by atoms with Crippen molar-refractivity contribution in [3.05, 3.63) is 69.0 Å². The van der Waals surface area contributed by atoms with Gasteiger partial charge in [-0.3, -0.25) is 4.79 Å². The Labute approximate surface area is 145 Å². The number of nitrogens with zero attached hydrogens (tertiary/aromatic N) is 2. The van der Waals surface area contributed by atoms with Crippen molar-refractivity contribution in [3.63, 3.8) is 0 Å². The van der Waals surface area contributed by atoms with E-state index >= 15 is 0 Å². The molecule has 0 radical (unpaired) electrons. The first kappa shape index (κ1) is 16.7. The minimum absolute atomic E-state index is 0.0292. The lowest BCUT2D eigenvalue weighted by Crippen LogP contribution is -2.31. The van der Waals surface area contributed by atoms with Gasteiger partial charge in [-0.1, -0.05) is 12.1 Å². The number of nitriles is 1. The molecule has 25 heavy (non-hydrogen) atoms. The van der Waals surface area contributed by atoms with Crippen molar-refractivity contribution in [2.24, 2.45) is 12.8 Å². The molecule has 3 rings (SSSR count). The van der Waals surface area contributed by atoms with E-state index in [4.69, 9.17) is 15.2 Å². The highest BCUT2D eigenvalue weighted by atomic mass is 16.5. The van der Waals surface area contributed by atoms with Crippen LogP contribution in [0.15, 0.2) is 46.6 Å². The third kappa shape index (κ3) is 2.74. The molecule has 1 atom stereocenters. The van der Waals surface area contributed by atoms with Crippen molar-refractivity contribution in [1.29, 1.82) is 5.26 Å². The van der Waals surface area contributed by atoms with Crippen LogP contribution in [0.5, 0.6) is 11.5 Å². The van der Waals surface area contributed by atoms with Crippen molar-refractivity contribution < 1.29 is 9.47 Å². The van der Waals surface area contributed by atoms with E-state index in [0.717, 1.165) is 17.0 Å². The van der Waals surface area contributed by atoms with Crippen LogP contribution in [0, 0.1) is 18.3 Å². The van der Waals surface area contributed by atoms with E-state index < -0.39 is 5.92 Å². The third-order valence-corrected chi connectivity index (χ3v) is 4.38. The second kappa shape index (κ2) is 6.36. The molecular formula is C19H19N3O3. The van der Waals surface area contributed by atoms with E-state index in [2.05, 4.69) is 6.07 Å². The summed E-state index contributed by atoms with van der Waals surface area (Å²) in [5.41, 5.74) is 7.94. The lowest BCUT2D eigenvalue weighted by molar-refractivity contribution is 0.340. The zero-order valence-corrected chi connectivity index (χ0v) is 14.4. The fraction of sp³-hybridized carbons (Fsp3) is 0.263. The Kier molecular flexibility index (Phi) is 4.24. The molecule has 0 fully saturated rings. The molecule has 2 heterocycles.